The zero-order valence-corrected chi connectivity index (χ0v) is 15.9. The molecule has 0 fully saturated rings. The Hall–Kier alpha value is -3.33. The van der Waals surface area contributed by atoms with Gasteiger partial charge >= 0.3 is 0 Å². The molecule has 0 radical (unpaired) electrons. The molecule has 0 saturated heterocycles. The van der Waals surface area contributed by atoms with Gasteiger partial charge in [0.2, 0.25) is 0 Å². The van der Waals surface area contributed by atoms with Gasteiger partial charge in [0.05, 0.1) is 28.4 Å². The summed E-state index contributed by atoms with van der Waals surface area (Å²) in [6.07, 6.45) is 1.52. The molecule has 0 atom stereocenters. The Morgan fingerprint density at radius 2 is 2.04 bits per heavy atom. The van der Waals surface area contributed by atoms with Gasteiger partial charge in [-0.2, -0.15) is 5.10 Å². The highest BCUT2D eigenvalue weighted by Crippen LogP contribution is 2.20. The van der Waals surface area contributed by atoms with E-state index in [1.807, 2.05) is 0 Å². The molecule has 0 aliphatic heterocycles. The lowest BCUT2D eigenvalue weighted by Crippen LogP contribution is -2.27. The number of furan rings is 1. The van der Waals surface area contributed by atoms with Crippen LogP contribution in [0.1, 0.15) is 22.0 Å². The van der Waals surface area contributed by atoms with E-state index >= 15 is 0 Å². The normalized spacial score (nSPS) is 10.7. The number of non-ortho nitro benzene ring substituents is 1. The maximum absolute atomic E-state index is 12.5. The summed E-state index contributed by atoms with van der Waals surface area (Å²) < 4.78 is 12.7. The molecule has 146 valence electrons. The molecule has 0 aliphatic carbocycles. The number of nitro groups is 1. The third-order valence-electron chi connectivity index (χ3n) is 4.05. The first-order valence-corrected chi connectivity index (χ1v) is 8.60. The number of aryl methyl sites for hydroxylation is 1. The third-order valence-corrected chi connectivity index (χ3v) is 4.36. The average Bonchev–Trinajstić information content (AvgIpc) is 3.28. The zero-order chi connectivity index (χ0) is 20.3. The maximum atomic E-state index is 12.5. The van der Waals surface area contributed by atoms with Crippen LogP contribution in [-0.2, 0) is 20.2 Å². The molecule has 10 heteroatoms. The van der Waals surface area contributed by atoms with Crippen molar-refractivity contribution in [1.82, 2.24) is 14.7 Å². The highest BCUT2D eigenvalue weighted by Gasteiger charge is 2.19. The fourth-order valence-electron chi connectivity index (χ4n) is 2.49. The lowest BCUT2D eigenvalue weighted by Gasteiger charge is -2.16. The highest BCUT2D eigenvalue weighted by atomic mass is 35.5. The summed E-state index contributed by atoms with van der Waals surface area (Å²) in [7, 11) is 3.39. The first-order valence-electron chi connectivity index (χ1n) is 8.23. The molecule has 0 saturated carbocycles. The largest absolute Gasteiger partial charge is 0.486 e. The summed E-state index contributed by atoms with van der Waals surface area (Å²) in [5.74, 6) is 0.772. The van der Waals surface area contributed by atoms with E-state index in [1.165, 1.54) is 35.4 Å². The molecule has 1 aromatic carbocycles. The van der Waals surface area contributed by atoms with Crippen molar-refractivity contribution < 1.29 is 18.9 Å². The first-order chi connectivity index (χ1) is 13.3. The van der Waals surface area contributed by atoms with E-state index in [-0.39, 0.29) is 30.5 Å². The summed E-state index contributed by atoms with van der Waals surface area (Å²) in [4.78, 5) is 24.2. The molecule has 0 aliphatic rings. The summed E-state index contributed by atoms with van der Waals surface area (Å²) in [5, 5.41) is 15.2. The SMILES string of the molecule is CN(Cc1c(Cl)cnn1C)C(=O)c1ccc(COc2ccc([N+](=O)[O-])cc2)o1. The van der Waals surface area contributed by atoms with Crippen molar-refractivity contribution in [1.29, 1.82) is 0 Å². The molecule has 0 N–H and O–H groups in total. The van der Waals surface area contributed by atoms with E-state index in [4.69, 9.17) is 20.8 Å². The van der Waals surface area contributed by atoms with Crippen molar-refractivity contribution in [2.24, 2.45) is 7.05 Å². The predicted molar refractivity (Wildman–Crippen MR) is 100 cm³/mol. The first kappa shape index (κ1) is 19.4. The summed E-state index contributed by atoms with van der Waals surface area (Å²) in [6, 6.07) is 8.91. The van der Waals surface area contributed by atoms with Crippen LogP contribution >= 0.6 is 11.6 Å². The van der Waals surface area contributed by atoms with Crippen molar-refractivity contribution in [2.75, 3.05) is 7.05 Å². The maximum Gasteiger partial charge on any atom is 0.289 e. The number of ether oxygens (including phenoxy) is 1. The Labute approximate surface area is 165 Å². The fourth-order valence-corrected chi connectivity index (χ4v) is 2.71. The number of hydrogen-bond acceptors (Lipinski definition) is 6. The van der Waals surface area contributed by atoms with Gasteiger partial charge in [-0.3, -0.25) is 19.6 Å². The number of aromatic nitrogens is 2. The molecular weight excluding hydrogens is 388 g/mol. The minimum atomic E-state index is -0.483. The second kappa shape index (κ2) is 8.13. The number of nitro benzene ring substituents is 1. The van der Waals surface area contributed by atoms with Gasteiger partial charge in [-0.05, 0) is 24.3 Å². The van der Waals surface area contributed by atoms with Crippen molar-refractivity contribution in [2.45, 2.75) is 13.2 Å². The molecule has 3 rings (SSSR count). The topological polar surface area (TPSA) is 104 Å². The fraction of sp³-hybridized carbons (Fsp3) is 0.222. The van der Waals surface area contributed by atoms with Crippen LogP contribution in [0, 0.1) is 10.1 Å². The van der Waals surface area contributed by atoms with E-state index in [0.717, 1.165) is 0 Å². The van der Waals surface area contributed by atoms with Gasteiger partial charge in [-0.25, -0.2) is 0 Å². The number of carbonyl (C=O) groups is 1. The molecule has 2 heterocycles. The van der Waals surface area contributed by atoms with E-state index in [2.05, 4.69) is 5.10 Å². The molecule has 0 bridgehead atoms. The van der Waals surface area contributed by atoms with Crippen LogP contribution in [0.25, 0.3) is 0 Å². The van der Waals surface area contributed by atoms with Crippen molar-refractivity contribution in [3.63, 3.8) is 0 Å². The van der Waals surface area contributed by atoms with Crippen LogP contribution in [0.5, 0.6) is 5.75 Å². The van der Waals surface area contributed by atoms with Crippen LogP contribution < -0.4 is 4.74 Å². The highest BCUT2D eigenvalue weighted by molar-refractivity contribution is 6.31. The minimum absolute atomic E-state index is 0.0187. The molecule has 0 unspecified atom stereocenters. The Balaban J connectivity index is 1.59. The van der Waals surface area contributed by atoms with E-state index in [9.17, 15) is 14.9 Å². The second-order valence-corrected chi connectivity index (χ2v) is 6.44. The van der Waals surface area contributed by atoms with Gasteiger partial charge in [-0.1, -0.05) is 11.6 Å². The van der Waals surface area contributed by atoms with Crippen LogP contribution in [0.15, 0.2) is 47.0 Å². The number of rotatable bonds is 7. The van der Waals surface area contributed by atoms with Crippen LogP contribution in [0.3, 0.4) is 0 Å². The standard InChI is InChI=1S/C18H17ClN4O5/c1-21(10-16-15(19)9-20-22(16)2)18(24)17-8-7-14(28-17)11-27-13-5-3-12(4-6-13)23(25)26/h3-9H,10-11H2,1-2H3. The number of nitrogens with zero attached hydrogens (tertiary/aromatic N) is 4. The van der Waals surface area contributed by atoms with Crippen LogP contribution in [0.4, 0.5) is 5.69 Å². The quantitative estimate of drug-likeness (QED) is 0.441. The Morgan fingerprint density at radius 3 is 2.64 bits per heavy atom. The summed E-state index contributed by atoms with van der Waals surface area (Å²) >= 11 is 6.07. The van der Waals surface area contributed by atoms with E-state index in [0.29, 0.717) is 22.2 Å². The van der Waals surface area contributed by atoms with Crippen molar-refractivity contribution in [3.05, 3.63) is 74.9 Å². The average molecular weight is 405 g/mol. The van der Waals surface area contributed by atoms with Gasteiger partial charge in [0, 0.05) is 26.2 Å². The molecule has 0 spiro atoms. The van der Waals surface area contributed by atoms with Gasteiger partial charge < -0.3 is 14.1 Å². The Bertz CT molecular complexity index is 976. The lowest BCUT2D eigenvalue weighted by molar-refractivity contribution is -0.384. The van der Waals surface area contributed by atoms with Gasteiger partial charge in [0.25, 0.3) is 11.6 Å². The Morgan fingerprint density at radius 1 is 1.32 bits per heavy atom. The molecule has 1 amide bonds. The molecule has 2 aromatic heterocycles. The van der Waals surface area contributed by atoms with E-state index in [1.54, 1.807) is 30.9 Å². The van der Waals surface area contributed by atoms with Gasteiger partial charge in [-0.15, -0.1) is 0 Å². The van der Waals surface area contributed by atoms with Gasteiger partial charge in [0.15, 0.2) is 5.76 Å². The molecule has 28 heavy (non-hydrogen) atoms. The minimum Gasteiger partial charge on any atom is -0.486 e. The number of amides is 1. The monoisotopic (exact) mass is 404 g/mol. The van der Waals surface area contributed by atoms with Crippen molar-refractivity contribution >= 4 is 23.2 Å². The number of hydrogen-bond donors (Lipinski definition) is 0. The number of benzene rings is 1. The second-order valence-electron chi connectivity index (χ2n) is 6.03. The number of carbonyl (C=O) groups excluding carboxylic acids is 1. The molecule has 9 nitrogen and oxygen atoms in total. The number of halogens is 1. The van der Waals surface area contributed by atoms with E-state index < -0.39 is 4.92 Å². The van der Waals surface area contributed by atoms with Crippen molar-refractivity contribution in [3.8, 4) is 5.75 Å². The zero-order valence-electron chi connectivity index (χ0n) is 15.2. The summed E-state index contributed by atoms with van der Waals surface area (Å²) in [5.41, 5.74) is 0.695. The predicted octanol–water partition coefficient (Wildman–Crippen LogP) is 3.43. The van der Waals surface area contributed by atoms with Gasteiger partial charge in [0.1, 0.15) is 18.1 Å². The smallest absolute Gasteiger partial charge is 0.289 e. The molecular formula is C18H17ClN4O5. The third kappa shape index (κ3) is 4.32. The van der Waals surface area contributed by atoms with Crippen LogP contribution in [-0.4, -0.2) is 32.6 Å². The molecule has 3 aromatic rings. The van der Waals surface area contributed by atoms with Crippen LogP contribution in [0.2, 0.25) is 5.02 Å². The summed E-state index contributed by atoms with van der Waals surface area (Å²) in [6.45, 7) is 0.367. The Kier molecular flexibility index (Phi) is 5.65. The lowest BCUT2D eigenvalue weighted by atomic mass is 10.3.